The average molecular weight is 256 g/mol. The van der Waals surface area contributed by atoms with Crippen molar-refractivity contribution in [2.45, 2.75) is 58.9 Å². The molecule has 3 heteroatoms. The van der Waals surface area contributed by atoms with Crippen LogP contribution >= 0.6 is 0 Å². The number of hydrogen-bond donors (Lipinski definition) is 2. The van der Waals surface area contributed by atoms with E-state index in [1.807, 2.05) is 0 Å². The van der Waals surface area contributed by atoms with Crippen molar-refractivity contribution >= 4 is 0 Å². The van der Waals surface area contributed by atoms with Crippen molar-refractivity contribution in [3.05, 3.63) is 0 Å². The lowest BCUT2D eigenvalue weighted by Crippen LogP contribution is -2.37. The lowest BCUT2D eigenvalue weighted by Gasteiger charge is -2.25. The number of aliphatic hydroxyl groups is 1. The van der Waals surface area contributed by atoms with Crippen LogP contribution in [0.15, 0.2) is 0 Å². The fourth-order valence-corrected chi connectivity index (χ4v) is 2.65. The lowest BCUT2D eigenvalue weighted by atomic mass is 9.85. The summed E-state index contributed by atoms with van der Waals surface area (Å²) < 4.78 is 0. The summed E-state index contributed by atoms with van der Waals surface area (Å²) in [6.07, 6.45) is 6.17. The molecule has 2 N–H and O–H groups in total. The quantitative estimate of drug-likeness (QED) is 0.733. The average Bonchev–Trinajstić information content (AvgIpc) is 2.51. The van der Waals surface area contributed by atoms with E-state index in [1.165, 1.54) is 32.4 Å². The summed E-state index contributed by atoms with van der Waals surface area (Å²) in [4.78, 5) is 2.57. The minimum Gasteiger partial charge on any atom is -0.395 e. The molecule has 1 heterocycles. The molecular formula is C15H32N2O. The summed E-state index contributed by atoms with van der Waals surface area (Å²) >= 11 is 0. The molecule has 1 aliphatic rings. The van der Waals surface area contributed by atoms with Crippen LogP contribution in [0.1, 0.15) is 52.9 Å². The van der Waals surface area contributed by atoms with Crippen molar-refractivity contribution in [1.29, 1.82) is 0 Å². The van der Waals surface area contributed by atoms with Crippen molar-refractivity contribution in [2.24, 2.45) is 5.41 Å². The SMILES string of the molecule is CCCNC(CO)CCN1CCCC(C)(C)CC1. The van der Waals surface area contributed by atoms with Gasteiger partial charge in [-0.05, 0) is 63.7 Å². The van der Waals surface area contributed by atoms with Crippen molar-refractivity contribution in [1.82, 2.24) is 10.2 Å². The monoisotopic (exact) mass is 256 g/mol. The van der Waals surface area contributed by atoms with Crippen LogP contribution in [0.2, 0.25) is 0 Å². The van der Waals surface area contributed by atoms with E-state index < -0.39 is 0 Å². The number of nitrogens with zero attached hydrogens (tertiary/aromatic N) is 1. The molecule has 3 nitrogen and oxygen atoms in total. The van der Waals surface area contributed by atoms with E-state index in [-0.39, 0.29) is 12.6 Å². The van der Waals surface area contributed by atoms with E-state index in [9.17, 15) is 5.11 Å². The number of nitrogens with one attached hydrogen (secondary N) is 1. The van der Waals surface area contributed by atoms with Gasteiger partial charge in [-0.25, -0.2) is 0 Å². The molecule has 1 atom stereocenters. The Morgan fingerprint density at radius 2 is 2.06 bits per heavy atom. The molecule has 1 unspecified atom stereocenters. The molecule has 1 rings (SSSR count). The zero-order valence-electron chi connectivity index (χ0n) is 12.5. The maximum absolute atomic E-state index is 9.34. The van der Waals surface area contributed by atoms with Gasteiger partial charge in [0.15, 0.2) is 0 Å². The fraction of sp³-hybridized carbons (Fsp3) is 1.00. The summed E-state index contributed by atoms with van der Waals surface area (Å²) in [5.74, 6) is 0. The van der Waals surface area contributed by atoms with Gasteiger partial charge >= 0.3 is 0 Å². The normalized spacial score (nSPS) is 22.7. The predicted octanol–water partition coefficient (Wildman–Crippen LogP) is 2.25. The zero-order chi connectivity index (χ0) is 13.4. The standard InChI is InChI=1S/C15H32N2O/c1-4-9-16-14(13-18)6-11-17-10-5-7-15(2,3)8-12-17/h14,16,18H,4-13H2,1-3H3. The van der Waals surface area contributed by atoms with E-state index in [4.69, 9.17) is 0 Å². The van der Waals surface area contributed by atoms with E-state index in [0.29, 0.717) is 5.41 Å². The highest BCUT2D eigenvalue weighted by atomic mass is 16.3. The minimum atomic E-state index is 0.263. The van der Waals surface area contributed by atoms with Crippen molar-refractivity contribution in [3.8, 4) is 0 Å². The molecule has 18 heavy (non-hydrogen) atoms. The van der Waals surface area contributed by atoms with Gasteiger partial charge in [0.05, 0.1) is 6.61 Å². The molecule has 0 spiro atoms. The number of hydrogen-bond acceptors (Lipinski definition) is 3. The van der Waals surface area contributed by atoms with Gasteiger partial charge in [0, 0.05) is 6.04 Å². The highest BCUT2D eigenvalue weighted by Gasteiger charge is 2.23. The molecule has 0 aromatic carbocycles. The Bertz CT molecular complexity index is 219. The first-order valence-electron chi connectivity index (χ1n) is 7.64. The van der Waals surface area contributed by atoms with Crippen LogP contribution in [0.3, 0.4) is 0 Å². The minimum absolute atomic E-state index is 0.263. The predicted molar refractivity (Wildman–Crippen MR) is 77.9 cm³/mol. The Hall–Kier alpha value is -0.120. The molecule has 0 saturated carbocycles. The summed E-state index contributed by atoms with van der Waals surface area (Å²) in [5.41, 5.74) is 0.519. The van der Waals surface area contributed by atoms with Gasteiger partial charge in [-0.1, -0.05) is 20.8 Å². The third-order valence-electron chi connectivity index (χ3n) is 4.13. The van der Waals surface area contributed by atoms with Gasteiger partial charge in [0.25, 0.3) is 0 Å². The van der Waals surface area contributed by atoms with E-state index in [0.717, 1.165) is 25.9 Å². The van der Waals surface area contributed by atoms with Crippen LogP contribution in [-0.4, -0.2) is 48.8 Å². The van der Waals surface area contributed by atoms with Crippen LogP contribution in [0, 0.1) is 5.41 Å². The molecule has 0 amide bonds. The Balaban J connectivity index is 2.25. The van der Waals surface area contributed by atoms with Gasteiger partial charge in [0.1, 0.15) is 0 Å². The smallest absolute Gasteiger partial charge is 0.0585 e. The maximum Gasteiger partial charge on any atom is 0.0585 e. The van der Waals surface area contributed by atoms with E-state index in [2.05, 4.69) is 31.0 Å². The topological polar surface area (TPSA) is 35.5 Å². The molecule has 0 radical (unpaired) electrons. The molecular weight excluding hydrogens is 224 g/mol. The first-order valence-corrected chi connectivity index (χ1v) is 7.64. The number of aliphatic hydroxyl groups excluding tert-OH is 1. The summed E-state index contributed by atoms with van der Waals surface area (Å²) in [7, 11) is 0. The second-order valence-corrected chi connectivity index (χ2v) is 6.48. The Labute approximate surface area is 113 Å². The number of likely N-dealkylation sites (tertiary alicyclic amines) is 1. The first kappa shape index (κ1) is 15.9. The Morgan fingerprint density at radius 3 is 2.72 bits per heavy atom. The third-order valence-corrected chi connectivity index (χ3v) is 4.13. The Kier molecular flexibility index (Phi) is 7.20. The summed E-state index contributed by atoms with van der Waals surface area (Å²) in [6.45, 7) is 11.8. The largest absolute Gasteiger partial charge is 0.395 e. The second kappa shape index (κ2) is 8.13. The van der Waals surface area contributed by atoms with Gasteiger partial charge in [-0.3, -0.25) is 0 Å². The molecule has 0 aromatic rings. The van der Waals surface area contributed by atoms with Gasteiger partial charge in [-0.2, -0.15) is 0 Å². The first-order chi connectivity index (χ1) is 8.57. The van der Waals surface area contributed by atoms with Crippen LogP contribution in [0.25, 0.3) is 0 Å². The molecule has 1 saturated heterocycles. The van der Waals surface area contributed by atoms with Gasteiger partial charge in [0.2, 0.25) is 0 Å². The van der Waals surface area contributed by atoms with Crippen molar-refractivity contribution in [3.63, 3.8) is 0 Å². The second-order valence-electron chi connectivity index (χ2n) is 6.48. The number of rotatable bonds is 7. The van der Waals surface area contributed by atoms with Crippen LogP contribution in [-0.2, 0) is 0 Å². The van der Waals surface area contributed by atoms with Crippen molar-refractivity contribution in [2.75, 3.05) is 32.8 Å². The molecule has 1 aliphatic heterocycles. The lowest BCUT2D eigenvalue weighted by molar-refractivity contribution is 0.204. The fourth-order valence-electron chi connectivity index (χ4n) is 2.65. The molecule has 1 fully saturated rings. The van der Waals surface area contributed by atoms with Gasteiger partial charge < -0.3 is 15.3 Å². The molecule has 0 aromatic heterocycles. The summed E-state index contributed by atoms with van der Waals surface area (Å²) in [5, 5.41) is 12.8. The summed E-state index contributed by atoms with van der Waals surface area (Å²) in [6, 6.07) is 0.279. The third kappa shape index (κ3) is 6.17. The molecule has 108 valence electrons. The van der Waals surface area contributed by atoms with Crippen LogP contribution < -0.4 is 5.32 Å². The highest BCUT2D eigenvalue weighted by molar-refractivity contribution is 4.77. The zero-order valence-corrected chi connectivity index (χ0v) is 12.5. The van der Waals surface area contributed by atoms with Gasteiger partial charge in [-0.15, -0.1) is 0 Å². The Morgan fingerprint density at radius 1 is 1.28 bits per heavy atom. The van der Waals surface area contributed by atoms with Crippen LogP contribution in [0.4, 0.5) is 0 Å². The molecule has 0 aliphatic carbocycles. The van der Waals surface area contributed by atoms with E-state index in [1.54, 1.807) is 0 Å². The van der Waals surface area contributed by atoms with Crippen molar-refractivity contribution < 1.29 is 5.11 Å². The van der Waals surface area contributed by atoms with Crippen LogP contribution in [0.5, 0.6) is 0 Å². The molecule has 0 bridgehead atoms. The van der Waals surface area contributed by atoms with E-state index >= 15 is 0 Å². The maximum atomic E-state index is 9.34. The highest BCUT2D eigenvalue weighted by Crippen LogP contribution is 2.29.